The number of urea groups is 1. The fraction of sp³-hybridized carbons (Fsp3) is 0.0870. The number of carbonyl (C=O) groups excluding carboxylic acids is 1. The van der Waals surface area contributed by atoms with Crippen LogP contribution in [0.4, 0.5) is 21.9 Å². The summed E-state index contributed by atoms with van der Waals surface area (Å²) in [6.07, 6.45) is 0. The molecule has 0 bridgehead atoms. The fourth-order valence-electron chi connectivity index (χ4n) is 2.86. The molecular formula is C23H20N4O3. The summed E-state index contributed by atoms with van der Waals surface area (Å²) >= 11 is 0. The van der Waals surface area contributed by atoms with Crippen molar-refractivity contribution in [3.63, 3.8) is 0 Å². The Bertz CT molecular complexity index is 1090. The average molecular weight is 400 g/mol. The molecule has 0 fully saturated rings. The van der Waals surface area contributed by atoms with Crippen molar-refractivity contribution in [2.24, 2.45) is 0 Å². The number of carboxylic acid groups (broad SMARTS) is 1. The van der Waals surface area contributed by atoms with Gasteiger partial charge in [-0.25, -0.2) is 9.59 Å². The predicted molar refractivity (Wildman–Crippen MR) is 116 cm³/mol. The standard InChI is InChI=1S/C23H20N4O3/c1-15(17-8-10-18(11-9-17)22(28)29)25-20-4-2-3-5-21(20)27-23(30)26-19-12-6-16(14-24)7-13-19/h2-13,15,25H,1H3,(H,28,29)(H2,26,27,30). The Morgan fingerprint density at radius 1 is 0.900 bits per heavy atom. The number of carboxylic acids is 1. The zero-order valence-electron chi connectivity index (χ0n) is 16.2. The minimum atomic E-state index is -0.968. The smallest absolute Gasteiger partial charge is 0.335 e. The molecule has 0 radical (unpaired) electrons. The zero-order chi connectivity index (χ0) is 21.5. The van der Waals surface area contributed by atoms with Crippen molar-refractivity contribution in [1.82, 2.24) is 0 Å². The maximum Gasteiger partial charge on any atom is 0.335 e. The number of carbonyl (C=O) groups is 2. The largest absolute Gasteiger partial charge is 0.478 e. The molecular weight excluding hydrogens is 380 g/mol. The number of rotatable bonds is 6. The van der Waals surface area contributed by atoms with Gasteiger partial charge in [0.1, 0.15) is 0 Å². The molecule has 0 saturated heterocycles. The first-order valence-electron chi connectivity index (χ1n) is 9.23. The highest BCUT2D eigenvalue weighted by molar-refractivity contribution is 6.01. The summed E-state index contributed by atoms with van der Waals surface area (Å²) in [6, 6.07) is 22.0. The summed E-state index contributed by atoms with van der Waals surface area (Å²) in [5, 5.41) is 26.7. The van der Waals surface area contributed by atoms with E-state index in [1.807, 2.05) is 31.2 Å². The summed E-state index contributed by atoms with van der Waals surface area (Å²) in [6.45, 7) is 1.95. The Morgan fingerprint density at radius 2 is 1.53 bits per heavy atom. The molecule has 7 nitrogen and oxygen atoms in total. The van der Waals surface area contributed by atoms with Crippen LogP contribution in [0.2, 0.25) is 0 Å². The van der Waals surface area contributed by atoms with Crippen molar-refractivity contribution in [2.75, 3.05) is 16.0 Å². The second-order valence-electron chi connectivity index (χ2n) is 6.61. The van der Waals surface area contributed by atoms with E-state index in [2.05, 4.69) is 16.0 Å². The van der Waals surface area contributed by atoms with Gasteiger partial charge in [0, 0.05) is 11.7 Å². The highest BCUT2D eigenvalue weighted by Gasteiger charge is 2.11. The van der Waals surface area contributed by atoms with Gasteiger partial charge in [-0.1, -0.05) is 24.3 Å². The van der Waals surface area contributed by atoms with Gasteiger partial charge in [0.05, 0.1) is 28.6 Å². The number of anilines is 3. The molecule has 0 aliphatic rings. The average Bonchev–Trinajstić information content (AvgIpc) is 2.75. The number of aromatic carboxylic acids is 1. The van der Waals surface area contributed by atoms with E-state index in [4.69, 9.17) is 10.4 Å². The van der Waals surface area contributed by atoms with Crippen LogP contribution < -0.4 is 16.0 Å². The van der Waals surface area contributed by atoms with Gasteiger partial charge in [0.2, 0.25) is 0 Å². The van der Waals surface area contributed by atoms with Crippen molar-refractivity contribution < 1.29 is 14.7 Å². The van der Waals surface area contributed by atoms with E-state index >= 15 is 0 Å². The monoisotopic (exact) mass is 400 g/mol. The number of amides is 2. The molecule has 0 aliphatic heterocycles. The molecule has 0 aliphatic carbocycles. The molecule has 0 heterocycles. The van der Waals surface area contributed by atoms with Gasteiger partial charge < -0.3 is 21.1 Å². The molecule has 4 N–H and O–H groups in total. The third kappa shape index (κ3) is 5.14. The van der Waals surface area contributed by atoms with Crippen LogP contribution in [0.15, 0.2) is 72.8 Å². The number of nitrogens with zero attached hydrogens (tertiary/aromatic N) is 1. The molecule has 7 heteroatoms. The number of benzene rings is 3. The zero-order valence-corrected chi connectivity index (χ0v) is 16.2. The Morgan fingerprint density at radius 3 is 2.13 bits per heavy atom. The molecule has 1 unspecified atom stereocenters. The van der Waals surface area contributed by atoms with E-state index in [0.29, 0.717) is 16.9 Å². The van der Waals surface area contributed by atoms with Crippen LogP contribution in [0.5, 0.6) is 0 Å². The Labute approximate surface area is 174 Å². The van der Waals surface area contributed by atoms with E-state index in [1.165, 1.54) is 0 Å². The molecule has 3 aromatic carbocycles. The highest BCUT2D eigenvalue weighted by atomic mass is 16.4. The molecule has 1 atom stereocenters. The molecule has 150 valence electrons. The van der Waals surface area contributed by atoms with Gasteiger partial charge in [-0.2, -0.15) is 5.26 Å². The molecule has 30 heavy (non-hydrogen) atoms. The van der Waals surface area contributed by atoms with Crippen LogP contribution in [0.25, 0.3) is 0 Å². The van der Waals surface area contributed by atoms with Crippen molar-refractivity contribution in [2.45, 2.75) is 13.0 Å². The topological polar surface area (TPSA) is 114 Å². The summed E-state index contributed by atoms with van der Waals surface area (Å²) in [7, 11) is 0. The summed E-state index contributed by atoms with van der Waals surface area (Å²) < 4.78 is 0. The van der Waals surface area contributed by atoms with Crippen LogP contribution in [0.3, 0.4) is 0 Å². The van der Waals surface area contributed by atoms with Gasteiger partial charge in [0.25, 0.3) is 0 Å². The van der Waals surface area contributed by atoms with E-state index in [9.17, 15) is 9.59 Å². The number of nitrogens with one attached hydrogen (secondary N) is 3. The van der Waals surface area contributed by atoms with Crippen LogP contribution in [-0.4, -0.2) is 17.1 Å². The molecule has 3 rings (SSSR count). The molecule has 0 saturated carbocycles. The van der Waals surface area contributed by atoms with E-state index < -0.39 is 12.0 Å². The van der Waals surface area contributed by atoms with Crippen LogP contribution >= 0.6 is 0 Å². The normalized spacial score (nSPS) is 11.1. The van der Waals surface area contributed by atoms with Crippen molar-refractivity contribution in [3.05, 3.63) is 89.5 Å². The van der Waals surface area contributed by atoms with Gasteiger partial charge in [-0.15, -0.1) is 0 Å². The lowest BCUT2D eigenvalue weighted by Crippen LogP contribution is -2.20. The molecule has 3 aromatic rings. The van der Waals surface area contributed by atoms with Gasteiger partial charge >= 0.3 is 12.0 Å². The number of nitriles is 1. The van der Waals surface area contributed by atoms with Crippen LogP contribution in [0.1, 0.15) is 34.5 Å². The minimum absolute atomic E-state index is 0.114. The van der Waals surface area contributed by atoms with Crippen molar-refractivity contribution >= 4 is 29.1 Å². The summed E-state index contributed by atoms with van der Waals surface area (Å²) in [5.41, 5.74) is 3.55. The van der Waals surface area contributed by atoms with E-state index in [1.54, 1.807) is 54.6 Å². The van der Waals surface area contributed by atoms with Gasteiger partial charge in [0.15, 0.2) is 0 Å². The minimum Gasteiger partial charge on any atom is -0.478 e. The maximum absolute atomic E-state index is 12.4. The SMILES string of the molecule is CC(Nc1ccccc1NC(=O)Nc1ccc(C#N)cc1)c1ccc(C(=O)O)cc1. The lowest BCUT2D eigenvalue weighted by atomic mass is 10.1. The first-order valence-corrected chi connectivity index (χ1v) is 9.23. The lowest BCUT2D eigenvalue weighted by Gasteiger charge is -2.19. The molecule has 0 aromatic heterocycles. The fourth-order valence-corrected chi connectivity index (χ4v) is 2.86. The summed E-state index contributed by atoms with van der Waals surface area (Å²) in [5.74, 6) is -0.968. The predicted octanol–water partition coefficient (Wildman–Crippen LogP) is 5.07. The van der Waals surface area contributed by atoms with Gasteiger partial charge in [-0.05, 0) is 61.0 Å². The second-order valence-corrected chi connectivity index (χ2v) is 6.61. The lowest BCUT2D eigenvalue weighted by molar-refractivity contribution is 0.0697. The van der Waals surface area contributed by atoms with Crippen LogP contribution in [-0.2, 0) is 0 Å². The van der Waals surface area contributed by atoms with Crippen molar-refractivity contribution in [1.29, 1.82) is 5.26 Å². The number of hydrogen-bond acceptors (Lipinski definition) is 4. The van der Waals surface area contributed by atoms with E-state index in [0.717, 1.165) is 11.3 Å². The quantitative estimate of drug-likeness (QED) is 0.461. The first kappa shape index (κ1) is 20.4. The van der Waals surface area contributed by atoms with Gasteiger partial charge in [-0.3, -0.25) is 0 Å². The van der Waals surface area contributed by atoms with Crippen LogP contribution in [0, 0.1) is 11.3 Å². The third-order valence-corrected chi connectivity index (χ3v) is 4.48. The van der Waals surface area contributed by atoms with E-state index in [-0.39, 0.29) is 11.6 Å². The summed E-state index contributed by atoms with van der Waals surface area (Å²) in [4.78, 5) is 23.4. The highest BCUT2D eigenvalue weighted by Crippen LogP contribution is 2.26. The Kier molecular flexibility index (Phi) is 6.30. The Balaban J connectivity index is 1.68. The third-order valence-electron chi connectivity index (χ3n) is 4.48. The molecule has 2 amide bonds. The second kappa shape index (κ2) is 9.26. The first-order chi connectivity index (χ1) is 14.5. The maximum atomic E-state index is 12.4. The number of para-hydroxylation sites is 2. The van der Waals surface area contributed by atoms with Crippen molar-refractivity contribution in [3.8, 4) is 6.07 Å². The molecule has 0 spiro atoms. The number of hydrogen-bond donors (Lipinski definition) is 4. The Hall–Kier alpha value is -4.31.